The summed E-state index contributed by atoms with van der Waals surface area (Å²) < 4.78 is 0. The standard InChI is InChI=1S/C17H29N3O/c1-12(2)10-15(20(4)5)11-19-17(21)16(18)14-8-6-13(3)7-9-14/h6-9,12,15-16H,10-11,18H2,1-5H3,(H,19,21). The quantitative estimate of drug-likeness (QED) is 0.809. The number of benzene rings is 1. The molecule has 0 aromatic heterocycles. The molecule has 0 fully saturated rings. The van der Waals surface area contributed by atoms with Crippen LogP contribution in [0.25, 0.3) is 0 Å². The first kappa shape index (κ1) is 17.7. The van der Waals surface area contributed by atoms with Crippen molar-refractivity contribution >= 4 is 5.91 Å². The first-order valence-electron chi connectivity index (χ1n) is 7.57. The molecule has 2 unspecified atom stereocenters. The van der Waals surface area contributed by atoms with Crippen LogP contribution < -0.4 is 11.1 Å². The molecule has 0 bridgehead atoms. The van der Waals surface area contributed by atoms with Gasteiger partial charge in [0.15, 0.2) is 0 Å². The molecule has 118 valence electrons. The number of nitrogens with zero attached hydrogens (tertiary/aromatic N) is 1. The SMILES string of the molecule is Cc1ccc(C(N)C(=O)NCC(CC(C)C)N(C)C)cc1. The Bertz CT molecular complexity index is 440. The lowest BCUT2D eigenvalue weighted by Gasteiger charge is -2.26. The molecule has 4 heteroatoms. The molecule has 0 aliphatic carbocycles. The Morgan fingerprint density at radius 1 is 1.24 bits per heavy atom. The van der Waals surface area contributed by atoms with Crippen molar-refractivity contribution in [1.29, 1.82) is 0 Å². The maximum atomic E-state index is 12.2. The van der Waals surface area contributed by atoms with Crippen LogP contribution in [-0.4, -0.2) is 37.5 Å². The number of hydrogen-bond acceptors (Lipinski definition) is 3. The maximum Gasteiger partial charge on any atom is 0.241 e. The number of nitrogens with one attached hydrogen (secondary N) is 1. The molecule has 0 saturated heterocycles. The van der Waals surface area contributed by atoms with E-state index in [0.717, 1.165) is 17.5 Å². The Balaban J connectivity index is 2.57. The molecular formula is C17H29N3O. The third-order valence-corrected chi connectivity index (χ3v) is 3.70. The van der Waals surface area contributed by atoms with Crippen molar-refractivity contribution in [2.75, 3.05) is 20.6 Å². The lowest BCUT2D eigenvalue weighted by atomic mass is 10.0. The molecule has 1 aromatic carbocycles. The van der Waals surface area contributed by atoms with Crippen LogP contribution in [0.1, 0.15) is 37.4 Å². The van der Waals surface area contributed by atoms with Gasteiger partial charge >= 0.3 is 0 Å². The summed E-state index contributed by atoms with van der Waals surface area (Å²) in [5.74, 6) is 0.481. The van der Waals surface area contributed by atoms with Crippen LogP contribution in [0.5, 0.6) is 0 Å². The monoisotopic (exact) mass is 291 g/mol. The minimum Gasteiger partial charge on any atom is -0.353 e. The summed E-state index contributed by atoms with van der Waals surface area (Å²) in [5.41, 5.74) is 8.04. The van der Waals surface area contributed by atoms with Gasteiger partial charge in [-0.15, -0.1) is 0 Å². The van der Waals surface area contributed by atoms with Crippen molar-refractivity contribution in [2.45, 2.75) is 39.3 Å². The second kappa shape index (κ2) is 8.15. The number of rotatable bonds is 7. The molecule has 0 aliphatic rings. The Morgan fingerprint density at radius 2 is 1.81 bits per heavy atom. The van der Waals surface area contributed by atoms with E-state index in [0.29, 0.717) is 18.5 Å². The van der Waals surface area contributed by atoms with Gasteiger partial charge in [-0.25, -0.2) is 0 Å². The zero-order valence-electron chi connectivity index (χ0n) is 13.9. The van der Waals surface area contributed by atoms with E-state index in [1.54, 1.807) is 0 Å². The molecule has 0 heterocycles. The van der Waals surface area contributed by atoms with Gasteiger partial charge in [-0.05, 0) is 38.9 Å². The van der Waals surface area contributed by atoms with Gasteiger partial charge in [0.1, 0.15) is 6.04 Å². The molecule has 1 aromatic rings. The Labute approximate surface area is 128 Å². The van der Waals surface area contributed by atoms with Crippen LogP contribution in [0.15, 0.2) is 24.3 Å². The summed E-state index contributed by atoms with van der Waals surface area (Å²) in [6.07, 6.45) is 1.05. The molecule has 0 saturated carbocycles. The second-order valence-electron chi connectivity index (χ2n) is 6.38. The number of nitrogens with two attached hydrogens (primary N) is 1. The second-order valence-corrected chi connectivity index (χ2v) is 6.38. The number of likely N-dealkylation sites (N-methyl/N-ethyl adjacent to an activating group) is 1. The first-order valence-corrected chi connectivity index (χ1v) is 7.57. The fourth-order valence-corrected chi connectivity index (χ4v) is 2.27. The normalized spacial score (nSPS) is 14.3. The molecule has 1 rings (SSSR count). The highest BCUT2D eigenvalue weighted by Crippen LogP contribution is 2.12. The molecule has 4 nitrogen and oxygen atoms in total. The van der Waals surface area contributed by atoms with E-state index in [9.17, 15) is 4.79 Å². The van der Waals surface area contributed by atoms with Gasteiger partial charge in [-0.2, -0.15) is 0 Å². The van der Waals surface area contributed by atoms with Gasteiger partial charge in [0, 0.05) is 12.6 Å². The Hall–Kier alpha value is -1.39. The molecular weight excluding hydrogens is 262 g/mol. The predicted octanol–water partition coefficient (Wildman–Crippen LogP) is 2.09. The summed E-state index contributed by atoms with van der Waals surface area (Å²) in [7, 11) is 4.08. The molecule has 0 spiro atoms. The van der Waals surface area contributed by atoms with Gasteiger partial charge in [0.25, 0.3) is 0 Å². The molecule has 0 radical (unpaired) electrons. The zero-order chi connectivity index (χ0) is 16.0. The van der Waals surface area contributed by atoms with E-state index in [1.165, 1.54) is 0 Å². The van der Waals surface area contributed by atoms with Crippen molar-refractivity contribution in [1.82, 2.24) is 10.2 Å². The first-order chi connectivity index (χ1) is 9.81. The largest absolute Gasteiger partial charge is 0.353 e. The van der Waals surface area contributed by atoms with Gasteiger partial charge in [0.05, 0.1) is 0 Å². The fraction of sp³-hybridized carbons (Fsp3) is 0.588. The minimum atomic E-state index is -0.604. The topological polar surface area (TPSA) is 58.4 Å². The number of amides is 1. The highest BCUT2D eigenvalue weighted by Gasteiger charge is 2.19. The average Bonchev–Trinajstić information content (AvgIpc) is 2.42. The number of hydrogen-bond donors (Lipinski definition) is 2. The van der Waals surface area contributed by atoms with Crippen molar-refractivity contribution in [3.8, 4) is 0 Å². The average molecular weight is 291 g/mol. The summed E-state index contributed by atoms with van der Waals surface area (Å²) in [6, 6.07) is 7.51. The van der Waals surface area contributed by atoms with Crippen LogP contribution in [-0.2, 0) is 4.79 Å². The molecule has 1 amide bonds. The van der Waals surface area contributed by atoms with E-state index in [1.807, 2.05) is 45.3 Å². The van der Waals surface area contributed by atoms with Gasteiger partial charge in [-0.3, -0.25) is 4.79 Å². The number of aryl methyl sites for hydroxylation is 1. The maximum absolute atomic E-state index is 12.2. The Kier molecular flexibility index (Phi) is 6.85. The van der Waals surface area contributed by atoms with Crippen LogP contribution in [0.2, 0.25) is 0 Å². The van der Waals surface area contributed by atoms with E-state index >= 15 is 0 Å². The summed E-state index contributed by atoms with van der Waals surface area (Å²) in [5, 5.41) is 2.98. The highest BCUT2D eigenvalue weighted by atomic mass is 16.2. The van der Waals surface area contributed by atoms with E-state index in [4.69, 9.17) is 5.73 Å². The van der Waals surface area contributed by atoms with Crippen LogP contribution >= 0.6 is 0 Å². The number of carbonyl (C=O) groups excluding carboxylic acids is 1. The van der Waals surface area contributed by atoms with Crippen LogP contribution in [0, 0.1) is 12.8 Å². The van der Waals surface area contributed by atoms with Crippen molar-refractivity contribution < 1.29 is 4.79 Å². The molecule has 3 N–H and O–H groups in total. The lowest BCUT2D eigenvalue weighted by Crippen LogP contribution is -2.43. The van der Waals surface area contributed by atoms with Gasteiger partial charge in [0.2, 0.25) is 5.91 Å². The minimum absolute atomic E-state index is 0.116. The fourth-order valence-electron chi connectivity index (χ4n) is 2.27. The Morgan fingerprint density at radius 3 is 2.29 bits per heavy atom. The highest BCUT2D eigenvalue weighted by molar-refractivity contribution is 5.82. The lowest BCUT2D eigenvalue weighted by molar-refractivity contribution is -0.122. The van der Waals surface area contributed by atoms with Gasteiger partial charge in [-0.1, -0.05) is 43.7 Å². The number of carbonyl (C=O) groups is 1. The van der Waals surface area contributed by atoms with Crippen molar-refractivity contribution in [3.63, 3.8) is 0 Å². The van der Waals surface area contributed by atoms with Crippen molar-refractivity contribution in [2.24, 2.45) is 11.7 Å². The van der Waals surface area contributed by atoms with E-state index in [-0.39, 0.29) is 5.91 Å². The summed E-state index contributed by atoms with van der Waals surface area (Å²) in [4.78, 5) is 14.3. The van der Waals surface area contributed by atoms with Crippen molar-refractivity contribution in [3.05, 3.63) is 35.4 Å². The molecule has 2 atom stereocenters. The van der Waals surface area contributed by atoms with Crippen LogP contribution in [0.3, 0.4) is 0 Å². The predicted molar refractivity (Wildman–Crippen MR) is 88.0 cm³/mol. The van der Waals surface area contributed by atoms with E-state index < -0.39 is 6.04 Å². The molecule has 21 heavy (non-hydrogen) atoms. The summed E-state index contributed by atoms with van der Waals surface area (Å²) >= 11 is 0. The third-order valence-electron chi connectivity index (χ3n) is 3.70. The van der Waals surface area contributed by atoms with Crippen LogP contribution in [0.4, 0.5) is 0 Å². The zero-order valence-corrected chi connectivity index (χ0v) is 13.9. The third kappa shape index (κ3) is 5.86. The smallest absolute Gasteiger partial charge is 0.241 e. The van der Waals surface area contributed by atoms with Gasteiger partial charge < -0.3 is 16.0 Å². The molecule has 0 aliphatic heterocycles. The summed E-state index contributed by atoms with van der Waals surface area (Å²) in [6.45, 7) is 7.03. The van der Waals surface area contributed by atoms with E-state index in [2.05, 4.69) is 24.1 Å².